The minimum atomic E-state index is -1.58. The summed E-state index contributed by atoms with van der Waals surface area (Å²) in [6.45, 7) is 1.86. The standard InChI is InChI=1S/C17H19Cl3N2O2.ClH/c18-17(19,20)13-24-15(23)6-9-22-10-7-16(12-21,8-11-22)14-4-2-1-3-5-14;/h1-5H,6-11,13H2;1H. The van der Waals surface area contributed by atoms with E-state index in [1.54, 1.807) is 0 Å². The van der Waals surface area contributed by atoms with Crippen molar-refractivity contribution in [2.75, 3.05) is 26.2 Å². The predicted octanol–water partition coefficient (Wildman–Crippen LogP) is 4.27. The fourth-order valence-corrected chi connectivity index (χ4v) is 3.03. The van der Waals surface area contributed by atoms with Gasteiger partial charge < -0.3 is 9.64 Å². The Kier molecular flexibility index (Phi) is 8.80. The third-order valence-corrected chi connectivity index (χ3v) is 4.61. The highest BCUT2D eigenvalue weighted by Crippen LogP contribution is 2.34. The van der Waals surface area contributed by atoms with E-state index in [1.165, 1.54) is 0 Å². The molecule has 0 atom stereocenters. The molecule has 0 N–H and O–H groups in total. The Morgan fingerprint density at radius 3 is 2.36 bits per heavy atom. The van der Waals surface area contributed by atoms with Gasteiger partial charge in [0.05, 0.1) is 17.9 Å². The Labute approximate surface area is 169 Å². The van der Waals surface area contributed by atoms with Crippen LogP contribution in [-0.4, -0.2) is 40.9 Å². The second-order valence-corrected chi connectivity index (χ2v) is 8.44. The van der Waals surface area contributed by atoms with E-state index in [0.717, 1.165) is 31.5 Å². The highest BCUT2D eigenvalue weighted by atomic mass is 35.6. The van der Waals surface area contributed by atoms with Gasteiger partial charge in [-0.1, -0.05) is 65.1 Å². The molecule has 0 amide bonds. The summed E-state index contributed by atoms with van der Waals surface area (Å²) in [4.78, 5) is 13.8. The molecule has 1 fully saturated rings. The number of rotatable bonds is 5. The first-order valence-corrected chi connectivity index (χ1v) is 8.89. The molecule has 0 saturated carbocycles. The molecule has 1 aromatic rings. The van der Waals surface area contributed by atoms with Crippen molar-refractivity contribution in [2.24, 2.45) is 0 Å². The van der Waals surface area contributed by atoms with E-state index < -0.39 is 9.21 Å². The number of nitrogens with zero attached hydrogens (tertiary/aromatic N) is 2. The summed E-state index contributed by atoms with van der Waals surface area (Å²) < 4.78 is 3.33. The van der Waals surface area contributed by atoms with Crippen LogP contribution in [0.4, 0.5) is 0 Å². The minimum Gasteiger partial charge on any atom is -0.461 e. The molecule has 138 valence electrons. The molecule has 1 saturated heterocycles. The number of nitriles is 1. The maximum Gasteiger partial charge on any atom is 0.307 e. The quantitative estimate of drug-likeness (QED) is 0.522. The second kappa shape index (κ2) is 9.85. The molecule has 1 aliphatic heterocycles. The van der Waals surface area contributed by atoms with Crippen molar-refractivity contribution in [3.63, 3.8) is 0 Å². The van der Waals surface area contributed by atoms with E-state index in [9.17, 15) is 10.1 Å². The number of halogens is 4. The molecule has 0 spiro atoms. The van der Waals surface area contributed by atoms with Gasteiger partial charge in [0.15, 0.2) is 0 Å². The van der Waals surface area contributed by atoms with Crippen LogP contribution in [0.2, 0.25) is 0 Å². The number of carbonyl (C=O) groups excluding carboxylic acids is 1. The monoisotopic (exact) mass is 424 g/mol. The number of piperidine rings is 1. The molecule has 4 nitrogen and oxygen atoms in total. The molecule has 0 unspecified atom stereocenters. The van der Waals surface area contributed by atoms with Crippen LogP contribution in [0.25, 0.3) is 0 Å². The van der Waals surface area contributed by atoms with Crippen LogP contribution in [0.1, 0.15) is 24.8 Å². The van der Waals surface area contributed by atoms with Crippen LogP contribution in [0.5, 0.6) is 0 Å². The maximum absolute atomic E-state index is 11.7. The first-order chi connectivity index (χ1) is 11.3. The van der Waals surface area contributed by atoms with Crippen molar-refractivity contribution in [2.45, 2.75) is 28.5 Å². The van der Waals surface area contributed by atoms with Crippen molar-refractivity contribution in [3.05, 3.63) is 35.9 Å². The second-order valence-electron chi connectivity index (χ2n) is 5.93. The van der Waals surface area contributed by atoms with Crippen LogP contribution in [-0.2, 0) is 14.9 Å². The topological polar surface area (TPSA) is 53.3 Å². The number of ether oxygens (including phenoxy) is 1. The van der Waals surface area contributed by atoms with E-state index in [2.05, 4.69) is 11.0 Å². The Hall–Kier alpha value is -0.700. The van der Waals surface area contributed by atoms with Gasteiger partial charge in [-0.15, -0.1) is 12.4 Å². The van der Waals surface area contributed by atoms with Gasteiger partial charge in [0, 0.05) is 6.54 Å². The minimum absolute atomic E-state index is 0. The molecular formula is C17H20Cl4N2O2. The fraction of sp³-hybridized carbons (Fsp3) is 0.529. The highest BCUT2D eigenvalue weighted by Gasteiger charge is 2.36. The maximum atomic E-state index is 11.7. The van der Waals surface area contributed by atoms with Crippen LogP contribution >= 0.6 is 47.2 Å². The lowest BCUT2D eigenvalue weighted by Gasteiger charge is -2.37. The Morgan fingerprint density at radius 2 is 1.84 bits per heavy atom. The van der Waals surface area contributed by atoms with Crippen LogP contribution in [0.3, 0.4) is 0 Å². The summed E-state index contributed by atoms with van der Waals surface area (Å²) >= 11 is 16.6. The van der Waals surface area contributed by atoms with E-state index in [-0.39, 0.29) is 31.4 Å². The molecule has 0 radical (unpaired) electrons. The number of likely N-dealkylation sites (tertiary alicyclic amines) is 1. The first kappa shape index (κ1) is 22.3. The van der Waals surface area contributed by atoms with E-state index in [1.807, 2.05) is 30.3 Å². The summed E-state index contributed by atoms with van der Waals surface area (Å²) in [5, 5.41) is 9.67. The SMILES string of the molecule is Cl.N#CC1(c2ccccc2)CCN(CCC(=O)OCC(Cl)(Cl)Cl)CC1. The average molecular weight is 426 g/mol. The zero-order chi connectivity index (χ0) is 17.6. The number of hydrogen-bond donors (Lipinski definition) is 0. The van der Waals surface area contributed by atoms with Crippen molar-refractivity contribution in [1.29, 1.82) is 5.26 Å². The Bertz CT molecular complexity index is 591. The lowest BCUT2D eigenvalue weighted by molar-refractivity contribution is -0.143. The van der Waals surface area contributed by atoms with Crippen LogP contribution in [0.15, 0.2) is 30.3 Å². The molecule has 0 bridgehead atoms. The van der Waals surface area contributed by atoms with Gasteiger partial charge in [-0.2, -0.15) is 5.26 Å². The molecule has 2 rings (SSSR count). The van der Waals surface area contributed by atoms with Gasteiger partial charge in [-0.3, -0.25) is 4.79 Å². The molecule has 25 heavy (non-hydrogen) atoms. The molecular weight excluding hydrogens is 406 g/mol. The third kappa shape index (κ3) is 6.84. The molecule has 1 aromatic carbocycles. The zero-order valence-corrected chi connectivity index (χ0v) is 16.7. The van der Waals surface area contributed by atoms with Gasteiger partial charge in [0.1, 0.15) is 6.61 Å². The van der Waals surface area contributed by atoms with Crippen molar-refractivity contribution >= 4 is 53.2 Å². The number of alkyl halides is 3. The first-order valence-electron chi connectivity index (χ1n) is 7.76. The predicted molar refractivity (Wildman–Crippen MR) is 103 cm³/mol. The van der Waals surface area contributed by atoms with Crippen LogP contribution in [0, 0.1) is 11.3 Å². The number of esters is 1. The fourth-order valence-electron chi connectivity index (χ4n) is 2.86. The van der Waals surface area contributed by atoms with Gasteiger partial charge >= 0.3 is 5.97 Å². The lowest BCUT2D eigenvalue weighted by Crippen LogP contribution is -2.42. The zero-order valence-electron chi connectivity index (χ0n) is 13.6. The van der Waals surface area contributed by atoms with Gasteiger partial charge in [0.25, 0.3) is 0 Å². The molecule has 1 heterocycles. The summed E-state index contributed by atoms with van der Waals surface area (Å²) in [6.07, 6.45) is 1.74. The van der Waals surface area contributed by atoms with Gasteiger partial charge in [-0.05, 0) is 31.5 Å². The molecule has 0 aromatic heterocycles. The highest BCUT2D eigenvalue weighted by molar-refractivity contribution is 6.67. The summed E-state index contributed by atoms with van der Waals surface area (Å²) in [5.41, 5.74) is 0.627. The Balaban J connectivity index is 0.00000312. The van der Waals surface area contributed by atoms with Crippen molar-refractivity contribution in [1.82, 2.24) is 4.90 Å². The van der Waals surface area contributed by atoms with E-state index in [0.29, 0.717) is 6.54 Å². The third-order valence-electron chi connectivity index (χ3n) is 4.28. The van der Waals surface area contributed by atoms with Crippen molar-refractivity contribution < 1.29 is 9.53 Å². The molecule has 8 heteroatoms. The van der Waals surface area contributed by atoms with E-state index >= 15 is 0 Å². The number of benzene rings is 1. The normalized spacial score (nSPS) is 17.2. The largest absolute Gasteiger partial charge is 0.461 e. The number of carbonyl (C=O) groups is 1. The summed E-state index contributed by atoms with van der Waals surface area (Å²) in [7, 11) is 0. The number of hydrogen-bond acceptors (Lipinski definition) is 4. The van der Waals surface area contributed by atoms with Gasteiger partial charge in [0.2, 0.25) is 3.79 Å². The Morgan fingerprint density at radius 1 is 1.24 bits per heavy atom. The molecule has 1 aliphatic rings. The summed E-state index contributed by atoms with van der Waals surface area (Å²) in [6, 6.07) is 12.4. The molecule has 0 aliphatic carbocycles. The van der Waals surface area contributed by atoms with Gasteiger partial charge in [-0.25, -0.2) is 0 Å². The van der Waals surface area contributed by atoms with Crippen molar-refractivity contribution in [3.8, 4) is 6.07 Å². The van der Waals surface area contributed by atoms with E-state index in [4.69, 9.17) is 39.5 Å². The van der Waals surface area contributed by atoms with Crippen LogP contribution < -0.4 is 0 Å². The average Bonchev–Trinajstić information content (AvgIpc) is 2.59. The summed E-state index contributed by atoms with van der Waals surface area (Å²) in [5.74, 6) is -0.387. The lowest BCUT2D eigenvalue weighted by atomic mass is 9.74. The smallest absolute Gasteiger partial charge is 0.307 e.